The highest BCUT2D eigenvalue weighted by Gasteiger charge is 2.39. The lowest BCUT2D eigenvalue weighted by molar-refractivity contribution is -0.144. The first-order chi connectivity index (χ1) is 9.65. The number of likely N-dealkylation sites (tertiary alicyclic amines) is 2. The monoisotopic (exact) mass is 282 g/mol. The van der Waals surface area contributed by atoms with Crippen molar-refractivity contribution in [2.75, 3.05) is 26.7 Å². The van der Waals surface area contributed by atoms with Crippen LogP contribution < -0.4 is 0 Å². The number of ether oxygens (including phenoxy) is 1. The number of hydrogen-bond donors (Lipinski definition) is 0. The molecule has 3 atom stereocenters. The zero-order valence-corrected chi connectivity index (χ0v) is 13.3. The van der Waals surface area contributed by atoms with E-state index in [-0.39, 0.29) is 12.0 Å². The summed E-state index contributed by atoms with van der Waals surface area (Å²) in [5.41, 5.74) is 0. The van der Waals surface area contributed by atoms with Crippen molar-refractivity contribution in [2.24, 2.45) is 0 Å². The van der Waals surface area contributed by atoms with Gasteiger partial charge in [-0.25, -0.2) is 0 Å². The quantitative estimate of drug-likeness (QED) is 0.701. The highest BCUT2D eigenvalue weighted by atomic mass is 16.5. The van der Waals surface area contributed by atoms with Crippen LogP contribution in [0.2, 0.25) is 0 Å². The van der Waals surface area contributed by atoms with Gasteiger partial charge in [0, 0.05) is 25.2 Å². The van der Waals surface area contributed by atoms with Gasteiger partial charge in [0.05, 0.1) is 0 Å². The van der Waals surface area contributed by atoms with E-state index in [1.54, 1.807) is 0 Å². The van der Waals surface area contributed by atoms with Crippen LogP contribution >= 0.6 is 0 Å². The normalized spacial score (nSPS) is 29.1. The molecule has 2 aliphatic rings. The molecule has 2 heterocycles. The van der Waals surface area contributed by atoms with Gasteiger partial charge < -0.3 is 14.5 Å². The van der Waals surface area contributed by atoms with Crippen molar-refractivity contribution in [2.45, 2.75) is 70.6 Å². The number of nitrogens with zero attached hydrogens (tertiary/aromatic N) is 2. The summed E-state index contributed by atoms with van der Waals surface area (Å²) in [5.74, 6) is 0.198. The van der Waals surface area contributed by atoms with Gasteiger partial charge in [0.1, 0.15) is 6.10 Å². The summed E-state index contributed by atoms with van der Waals surface area (Å²) in [7, 11) is 2.19. The molecule has 0 aliphatic carbocycles. The van der Waals surface area contributed by atoms with E-state index in [9.17, 15) is 4.79 Å². The molecule has 2 rings (SSSR count). The van der Waals surface area contributed by atoms with E-state index in [4.69, 9.17) is 4.74 Å². The molecule has 4 heteroatoms. The first-order valence-corrected chi connectivity index (χ1v) is 8.27. The summed E-state index contributed by atoms with van der Waals surface area (Å²) in [6.07, 6.45) is 6.66. The Morgan fingerprint density at radius 3 is 2.60 bits per heavy atom. The van der Waals surface area contributed by atoms with Gasteiger partial charge in [-0.3, -0.25) is 4.79 Å². The summed E-state index contributed by atoms with van der Waals surface area (Å²) in [6, 6.07) is 0.969. The molecule has 116 valence electrons. The van der Waals surface area contributed by atoms with E-state index < -0.39 is 0 Å². The summed E-state index contributed by atoms with van der Waals surface area (Å²) >= 11 is 0. The first kappa shape index (κ1) is 15.8. The Kier molecular flexibility index (Phi) is 5.85. The highest BCUT2D eigenvalue weighted by molar-refractivity contribution is 5.81. The zero-order valence-electron chi connectivity index (χ0n) is 13.3. The molecule has 4 nitrogen and oxygen atoms in total. The van der Waals surface area contributed by atoms with Crippen LogP contribution in [-0.4, -0.2) is 60.6 Å². The van der Waals surface area contributed by atoms with Crippen LogP contribution in [0.5, 0.6) is 0 Å². The molecule has 0 aromatic heterocycles. The van der Waals surface area contributed by atoms with E-state index in [2.05, 4.69) is 23.8 Å². The molecule has 0 radical (unpaired) electrons. The topological polar surface area (TPSA) is 32.8 Å². The predicted molar refractivity (Wildman–Crippen MR) is 80.7 cm³/mol. The minimum Gasteiger partial charge on any atom is -0.369 e. The fourth-order valence-corrected chi connectivity index (χ4v) is 3.60. The van der Waals surface area contributed by atoms with E-state index in [1.807, 2.05) is 6.92 Å². The standard InChI is InChI=1S/C16H30N2O2/c1-4-5-12-20-13(2)16(19)18-11-7-9-15(18)14-8-6-10-17(14)3/h13-15H,4-12H2,1-3H3/t13-,14-,15-/m1/s1. The Bertz CT molecular complexity index is 322. The average Bonchev–Trinajstić information content (AvgIpc) is 3.06. The van der Waals surface area contributed by atoms with Crippen LogP contribution in [0.25, 0.3) is 0 Å². The number of unbranched alkanes of at least 4 members (excludes halogenated alkanes) is 1. The fourth-order valence-electron chi connectivity index (χ4n) is 3.60. The number of hydrogen-bond acceptors (Lipinski definition) is 3. The summed E-state index contributed by atoms with van der Waals surface area (Å²) in [5, 5.41) is 0. The Morgan fingerprint density at radius 2 is 1.95 bits per heavy atom. The van der Waals surface area contributed by atoms with Crippen LogP contribution in [0, 0.1) is 0 Å². The third-order valence-corrected chi connectivity index (χ3v) is 4.82. The number of likely N-dealkylation sites (N-methyl/N-ethyl adjacent to an activating group) is 1. The zero-order chi connectivity index (χ0) is 14.5. The molecule has 20 heavy (non-hydrogen) atoms. The molecular weight excluding hydrogens is 252 g/mol. The van der Waals surface area contributed by atoms with Crippen molar-refractivity contribution in [1.82, 2.24) is 9.80 Å². The molecule has 1 amide bonds. The molecule has 0 unspecified atom stereocenters. The second-order valence-corrected chi connectivity index (χ2v) is 6.30. The molecule has 0 aromatic carbocycles. The molecule has 0 N–H and O–H groups in total. The highest BCUT2D eigenvalue weighted by Crippen LogP contribution is 2.29. The maximum Gasteiger partial charge on any atom is 0.251 e. The third kappa shape index (κ3) is 3.53. The second kappa shape index (κ2) is 7.41. The molecule has 2 aliphatic heterocycles. The van der Waals surface area contributed by atoms with Crippen LogP contribution in [0.1, 0.15) is 52.4 Å². The van der Waals surface area contributed by atoms with Crippen LogP contribution in [0.4, 0.5) is 0 Å². The lowest BCUT2D eigenvalue weighted by Crippen LogP contribution is -2.50. The minimum absolute atomic E-state index is 0.198. The summed E-state index contributed by atoms with van der Waals surface area (Å²) in [6.45, 7) is 6.83. The Labute approximate surface area is 123 Å². The number of carbonyl (C=O) groups is 1. The fraction of sp³-hybridized carbons (Fsp3) is 0.938. The van der Waals surface area contributed by atoms with Gasteiger partial charge in [0.2, 0.25) is 0 Å². The molecular formula is C16H30N2O2. The lowest BCUT2D eigenvalue weighted by Gasteiger charge is -2.34. The second-order valence-electron chi connectivity index (χ2n) is 6.30. The SMILES string of the molecule is CCCCO[C@H](C)C(=O)N1CCC[C@@H]1[C@H]1CCCN1C. The summed E-state index contributed by atoms with van der Waals surface area (Å²) < 4.78 is 5.69. The lowest BCUT2D eigenvalue weighted by atomic mass is 10.0. The molecule has 0 saturated carbocycles. The van der Waals surface area contributed by atoms with Crippen LogP contribution in [0.15, 0.2) is 0 Å². The number of amides is 1. The Hall–Kier alpha value is -0.610. The van der Waals surface area contributed by atoms with E-state index in [0.717, 1.165) is 32.2 Å². The predicted octanol–water partition coefficient (Wildman–Crippen LogP) is 2.28. The Morgan fingerprint density at radius 1 is 1.25 bits per heavy atom. The van der Waals surface area contributed by atoms with Crippen LogP contribution in [-0.2, 0) is 9.53 Å². The number of rotatable bonds is 6. The average molecular weight is 282 g/mol. The van der Waals surface area contributed by atoms with E-state index in [1.165, 1.54) is 19.4 Å². The van der Waals surface area contributed by atoms with E-state index >= 15 is 0 Å². The first-order valence-electron chi connectivity index (χ1n) is 8.27. The molecule has 0 aromatic rings. The van der Waals surface area contributed by atoms with Crippen molar-refractivity contribution >= 4 is 5.91 Å². The maximum atomic E-state index is 12.6. The maximum absolute atomic E-state index is 12.6. The van der Waals surface area contributed by atoms with E-state index in [0.29, 0.717) is 18.7 Å². The van der Waals surface area contributed by atoms with Crippen molar-refractivity contribution in [3.8, 4) is 0 Å². The smallest absolute Gasteiger partial charge is 0.251 e. The Balaban J connectivity index is 1.90. The van der Waals surface area contributed by atoms with Crippen molar-refractivity contribution < 1.29 is 9.53 Å². The molecule has 0 spiro atoms. The van der Waals surface area contributed by atoms with Gasteiger partial charge in [-0.2, -0.15) is 0 Å². The van der Waals surface area contributed by atoms with Gasteiger partial charge in [0.25, 0.3) is 5.91 Å². The van der Waals surface area contributed by atoms with Crippen molar-refractivity contribution in [3.05, 3.63) is 0 Å². The van der Waals surface area contributed by atoms with Crippen molar-refractivity contribution in [3.63, 3.8) is 0 Å². The largest absolute Gasteiger partial charge is 0.369 e. The van der Waals surface area contributed by atoms with Gasteiger partial charge in [-0.05, 0) is 52.6 Å². The van der Waals surface area contributed by atoms with Gasteiger partial charge in [-0.15, -0.1) is 0 Å². The third-order valence-electron chi connectivity index (χ3n) is 4.82. The minimum atomic E-state index is -0.283. The molecule has 0 bridgehead atoms. The van der Waals surface area contributed by atoms with Gasteiger partial charge >= 0.3 is 0 Å². The van der Waals surface area contributed by atoms with Crippen molar-refractivity contribution in [1.29, 1.82) is 0 Å². The van der Waals surface area contributed by atoms with Crippen LogP contribution in [0.3, 0.4) is 0 Å². The van der Waals surface area contributed by atoms with Gasteiger partial charge in [0.15, 0.2) is 0 Å². The molecule has 2 fully saturated rings. The van der Waals surface area contributed by atoms with Gasteiger partial charge in [-0.1, -0.05) is 13.3 Å². The number of carbonyl (C=O) groups excluding carboxylic acids is 1. The molecule has 2 saturated heterocycles. The summed E-state index contributed by atoms with van der Waals surface area (Å²) in [4.78, 5) is 17.1.